The molecule has 0 radical (unpaired) electrons. The van der Waals surface area contributed by atoms with Crippen LogP contribution in [0.5, 0.6) is 0 Å². The van der Waals surface area contributed by atoms with Gasteiger partial charge in [-0.15, -0.1) is 0 Å². The molecule has 0 aliphatic rings. The number of hydroxylamine groups is 2. The maximum absolute atomic E-state index is 11.9. The molecule has 154 valence electrons. The van der Waals surface area contributed by atoms with Crippen molar-refractivity contribution in [3.8, 4) is 0 Å². The van der Waals surface area contributed by atoms with Gasteiger partial charge in [0.25, 0.3) is 5.91 Å². The Morgan fingerprint density at radius 1 is 0.692 bits per heavy atom. The summed E-state index contributed by atoms with van der Waals surface area (Å²) in [6.07, 6.45) is 21.6. The molecular weight excluding hydrogens is 326 g/mol. The molecule has 0 N–H and O–H groups in total. The van der Waals surface area contributed by atoms with Crippen molar-refractivity contribution in [1.29, 1.82) is 0 Å². The van der Waals surface area contributed by atoms with Crippen LogP contribution in [0.2, 0.25) is 0 Å². The van der Waals surface area contributed by atoms with Gasteiger partial charge in [0, 0.05) is 6.42 Å². The van der Waals surface area contributed by atoms with Crippen molar-refractivity contribution in [2.45, 2.75) is 111 Å². The third-order valence-corrected chi connectivity index (χ3v) is 4.35. The fourth-order valence-corrected chi connectivity index (χ4v) is 2.85. The SMILES string of the molecule is CCCCCCCC/C=C\CCCCCCCC(=O)N(OCC)OCC. The molecule has 0 fully saturated rings. The van der Waals surface area contributed by atoms with Crippen molar-refractivity contribution in [3.05, 3.63) is 12.2 Å². The molecule has 26 heavy (non-hydrogen) atoms. The molecule has 0 rings (SSSR count). The highest BCUT2D eigenvalue weighted by atomic mass is 17.0. The minimum Gasteiger partial charge on any atom is -0.270 e. The third-order valence-electron chi connectivity index (χ3n) is 4.35. The fourth-order valence-electron chi connectivity index (χ4n) is 2.85. The quantitative estimate of drug-likeness (QED) is 0.143. The number of carbonyl (C=O) groups excluding carboxylic acids is 1. The van der Waals surface area contributed by atoms with Crippen LogP contribution in [0.4, 0.5) is 0 Å². The fraction of sp³-hybridized carbons (Fsp3) is 0.864. The zero-order valence-electron chi connectivity index (χ0n) is 17.6. The highest BCUT2D eigenvalue weighted by molar-refractivity contribution is 5.73. The summed E-state index contributed by atoms with van der Waals surface area (Å²) >= 11 is 0. The van der Waals surface area contributed by atoms with Crippen LogP contribution in [0.15, 0.2) is 12.2 Å². The van der Waals surface area contributed by atoms with Crippen LogP contribution in [0.25, 0.3) is 0 Å². The molecule has 0 aromatic carbocycles. The summed E-state index contributed by atoms with van der Waals surface area (Å²) in [5, 5.41) is 1.05. The van der Waals surface area contributed by atoms with Gasteiger partial charge in [-0.25, -0.2) is 9.68 Å². The van der Waals surface area contributed by atoms with Crippen LogP contribution in [0, 0.1) is 0 Å². The second-order valence-electron chi connectivity index (χ2n) is 6.82. The summed E-state index contributed by atoms with van der Waals surface area (Å²) in [4.78, 5) is 22.3. The molecule has 0 aromatic rings. The van der Waals surface area contributed by atoms with E-state index < -0.39 is 0 Å². The molecule has 0 heterocycles. The van der Waals surface area contributed by atoms with E-state index in [0.29, 0.717) is 19.6 Å². The molecule has 0 aromatic heterocycles. The molecule has 4 nitrogen and oxygen atoms in total. The topological polar surface area (TPSA) is 38.8 Å². The van der Waals surface area contributed by atoms with E-state index in [1.54, 1.807) is 0 Å². The van der Waals surface area contributed by atoms with Crippen molar-refractivity contribution in [3.63, 3.8) is 0 Å². The minimum absolute atomic E-state index is 0.0775. The zero-order chi connectivity index (χ0) is 19.3. The van der Waals surface area contributed by atoms with Crippen LogP contribution >= 0.6 is 0 Å². The van der Waals surface area contributed by atoms with Crippen molar-refractivity contribution in [1.82, 2.24) is 5.23 Å². The van der Waals surface area contributed by atoms with Gasteiger partial charge in [-0.1, -0.05) is 75.7 Å². The molecule has 0 saturated heterocycles. The van der Waals surface area contributed by atoms with E-state index in [1.165, 1.54) is 70.6 Å². The van der Waals surface area contributed by atoms with Gasteiger partial charge in [0.2, 0.25) is 0 Å². The predicted molar refractivity (Wildman–Crippen MR) is 110 cm³/mol. The Labute approximate surface area is 162 Å². The van der Waals surface area contributed by atoms with Crippen LogP contribution in [-0.2, 0) is 14.5 Å². The lowest BCUT2D eigenvalue weighted by atomic mass is 10.1. The first-order valence-electron chi connectivity index (χ1n) is 11.0. The third kappa shape index (κ3) is 16.6. The first kappa shape index (κ1) is 25.1. The van der Waals surface area contributed by atoms with E-state index in [-0.39, 0.29) is 5.91 Å². The molecule has 0 spiro atoms. The Hall–Kier alpha value is -0.870. The van der Waals surface area contributed by atoms with E-state index in [9.17, 15) is 4.79 Å². The van der Waals surface area contributed by atoms with Crippen molar-refractivity contribution < 1.29 is 14.5 Å². The molecule has 0 aliphatic carbocycles. The van der Waals surface area contributed by atoms with Gasteiger partial charge < -0.3 is 0 Å². The Morgan fingerprint density at radius 2 is 1.15 bits per heavy atom. The number of unbranched alkanes of at least 4 members (excludes halogenated alkanes) is 11. The zero-order valence-corrected chi connectivity index (χ0v) is 17.6. The lowest BCUT2D eigenvalue weighted by molar-refractivity contribution is -0.338. The smallest absolute Gasteiger partial charge is 0.270 e. The normalized spacial score (nSPS) is 11.3. The van der Waals surface area contributed by atoms with Gasteiger partial charge >= 0.3 is 0 Å². The summed E-state index contributed by atoms with van der Waals surface area (Å²) in [6, 6.07) is 0. The summed E-state index contributed by atoms with van der Waals surface area (Å²) in [6.45, 7) is 6.85. The van der Waals surface area contributed by atoms with Crippen LogP contribution < -0.4 is 0 Å². The molecule has 0 saturated carbocycles. The van der Waals surface area contributed by atoms with Crippen LogP contribution in [0.1, 0.15) is 111 Å². The van der Waals surface area contributed by atoms with Gasteiger partial charge in [-0.3, -0.25) is 4.79 Å². The molecule has 0 atom stereocenters. The lowest BCUT2D eigenvalue weighted by Gasteiger charge is -2.18. The molecule has 0 aliphatic heterocycles. The first-order chi connectivity index (χ1) is 12.8. The molecular formula is C22H43NO3. The standard InChI is InChI=1S/C22H43NO3/c1-4-7-8-9-10-11-12-13-14-15-16-17-18-19-20-21-22(24)23(25-5-2)26-6-3/h13-14H,4-12,15-21H2,1-3H3/b14-13-. The van der Waals surface area contributed by atoms with E-state index in [0.717, 1.165) is 18.1 Å². The number of amides is 1. The molecule has 0 bridgehead atoms. The first-order valence-corrected chi connectivity index (χ1v) is 11.0. The van der Waals surface area contributed by atoms with Crippen molar-refractivity contribution >= 4 is 5.91 Å². The maximum Gasteiger partial charge on any atom is 0.273 e. The Balaban J connectivity index is 3.39. The Kier molecular flexibility index (Phi) is 19.8. The highest BCUT2D eigenvalue weighted by Crippen LogP contribution is 2.11. The average molecular weight is 370 g/mol. The van der Waals surface area contributed by atoms with Crippen molar-refractivity contribution in [2.75, 3.05) is 13.2 Å². The minimum atomic E-state index is -0.0775. The van der Waals surface area contributed by atoms with Gasteiger partial charge in [0.05, 0.1) is 13.2 Å². The Morgan fingerprint density at radius 3 is 1.65 bits per heavy atom. The summed E-state index contributed by atoms with van der Waals surface area (Å²) < 4.78 is 0. The summed E-state index contributed by atoms with van der Waals surface area (Å²) in [5.41, 5.74) is 0. The van der Waals surface area contributed by atoms with Gasteiger partial charge in [0.1, 0.15) is 0 Å². The number of carbonyl (C=O) groups is 1. The second kappa shape index (κ2) is 20.4. The van der Waals surface area contributed by atoms with Gasteiger partial charge in [0.15, 0.2) is 0 Å². The number of rotatable bonds is 19. The number of hydrogen-bond acceptors (Lipinski definition) is 3. The van der Waals surface area contributed by atoms with Gasteiger partial charge in [-0.2, -0.15) is 0 Å². The number of allylic oxidation sites excluding steroid dienone is 2. The lowest BCUT2D eigenvalue weighted by Crippen LogP contribution is -2.31. The van der Waals surface area contributed by atoms with E-state index in [4.69, 9.17) is 9.68 Å². The van der Waals surface area contributed by atoms with E-state index in [2.05, 4.69) is 19.1 Å². The van der Waals surface area contributed by atoms with Crippen LogP contribution in [0.3, 0.4) is 0 Å². The monoisotopic (exact) mass is 369 g/mol. The Bertz CT molecular complexity index is 325. The number of nitrogens with zero attached hydrogens (tertiary/aromatic N) is 1. The average Bonchev–Trinajstić information content (AvgIpc) is 2.64. The number of hydrogen-bond donors (Lipinski definition) is 0. The second-order valence-corrected chi connectivity index (χ2v) is 6.82. The predicted octanol–water partition coefficient (Wildman–Crippen LogP) is 6.76. The molecule has 0 unspecified atom stereocenters. The van der Waals surface area contributed by atoms with E-state index >= 15 is 0 Å². The summed E-state index contributed by atoms with van der Waals surface area (Å²) in [7, 11) is 0. The van der Waals surface area contributed by atoms with E-state index in [1.807, 2.05) is 13.8 Å². The van der Waals surface area contributed by atoms with Crippen LogP contribution in [-0.4, -0.2) is 24.3 Å². The largest absolute Gasteiger partial charge is 0.273 e. The highest BCUT2D eigenvalue weighted by Gasteiger charge is 2.13. The summed E-state index contributed by atoms with van der Waals surface area (Å²) in [5.74, 6) is -0.0775. The molecule has 4 heteroatoms. The molecule has 1 amide bonds. The maximum atomic E-state index is 11.9. The van der Waals surface area contributed by atoms with Crippen molar-refractivity contribution in [2.24, 2.45) is 0 Å². The van der Waals surface area contributed by atoms with Gasteiger partial charge in [-0.05, 0) is 46.0 Å².